The molecule has 0 spiro atoms. The van der Waals surface area contributed by atoms with Gasteiger partial charge < -0.3 is 0 Å². The lowest BCUT2D eigenvalue weighted by molar-refractivity contribution is -0.140. The van der Waals surface area contributed by atoms with Crippen LogP contribution in [0, 0.1) is 0 Å². The van der Waals surface area contributed by atoms with Gasteiger partial charge in [-0.2, -0.15) is 13.2 Å². The number of rotatable bonds is 0. The van der Waals surface area contributed by atoms with E-state index >= 15 is 0 Å². The molecule has 0 atom stereocenters. The molecule has 4 heteroatoms. The Morgan fingerprint density at radius 1 is 0.778 bits per heavy atom. The summed E-state index contributed by atoms with van der Waals surface area (Å²) in [6, 6.07) is 13.4. The first kappa shape index (κ1) is 11.0. The number of fused-ring (bicyclic) bond motifs is 3. The second-order valence-corrected chi connectivity index (χ2v) is 4.05. The molecule has 0 aliphatic carbocycles. The van der Waals surface area contributed by atoms with E-state index in [4.69, 9.17) is 0 Å². The van der Waals surface area contributed by atoms with E-state index in [1.807, 2.05) is 18.2 Å². The third-order valence-electron chi connectivity index (χ3n) is 2.88. The number of alkyl halides is 3. The van der Waals surface area contributed by atoms with Gasteiger partial charge in [0.1, 0.15) is 5.69 Å². The Labute approximate surface area is 101 Å². The molecule has 0 bridgehead atoms. The molecule has 3 rings (SSSR count). The summed E-state index contributed by atoms with van der Waals surface area (Å²) < 4.78 is 38.0. The fraction of sp³-hybridized carbons (Fsp3) is 0.0714. The van der Waals surface area contributed by atoms with Crippen LogP contribution in [-0.2, 0) is 6.18 Å². The van der Waals surface area contributed by atoms with Crippen molar-refractivity contribution in [3.05, 3.63) is 54.2 Å². The normalized spacial score (nSPS) is 12.2. The van der Waals surface area contributed by atoms with Crippen LogP contribution < -0.4 is 0 Å². The van der Waals surface area contributed by atoms with E-state index < -0.39 is 11.9 Å². The Kier molecular flexibility index (Phi) is 2.26. The molecule has 2 aromatic carbocycles. The molecule has 1 aromatic heterocycles. The molecule has 1 nitrogen and oxygen atoms in total. The van der Waals surface area contributed by atoms with Crippen LogP contribution in [-0.4, -0.2) is 4.98 Å². The summed E-state index contributed by atoms with van der Waals surface area (Å²) in [5, 5.41) is 2.33. The van der Waals surface area contributed by atoms with Crippen molar-refractivity contribution in [2.75, 3.05) is 0 Å². The molecule has 0 fully saturated rings. The molecule has 18 heavy (non-hydrogen) atoms. The highest BCUT2D eigenvalue weighted by molar-refractivity contribution is 6.05. The number of hydrogen-bond acceptors (Lipinski definition) is 1. The zero-order chi connectivity index (χ0) is 12.8. The van der Waals surface area contributed by atoms with Crippen molar-refractivity contribution < 1.29 is 13.2 Å². The predicted octanol–water partition coefficient (Wildman–Crippen LogP) is 4.41. The van der Waals surface area contributed by atoms with Crippen molar-refractivity contribution in [3.8, 4) is 0 Å². The van der Waals surface area contributed by atoms with Crippen molar-refractivity contribution >= 4 is 21.7 Å². The Bertz CT molecular complexity index is 732. The number of halogens is 3. The van der Waals surface area contributed by atoms with Gasteiger partial charge in [0, 0.05) is 10.8 Å². The summed E-state index contributed by atoms with van der Waals surface area (Å²) in [5.41, 5.74) is -0.464. The van der Waals surface area contributed by atoms with Gasteiger partial charge in [0.2, 0.25) is 0 Å². The number of hydrogen-bond donors (Lipinski definition) is 0. The molecule has 0 amide bonds. The number of benzene rings is 2. The van der Waals surface area contributed by atoms with E-state index in [0.717, 1.165) is 16.8 Å². The molecule has 0 aliphatic heterocycles. The van der Waals surface area contributed by atoms with Crippen LogP contribution in [0.5, 0.6) is 0 Å². The summed E-state index contributed by atoms with van der Waals surface area (Å²) >= 11 is 0. The monoisotopic (exact) mass is 247 g/mol. The van der Waals surface area contributed by atoms with E-state index in [0.29, 0.717) is 10.9 Å². The third kappa shape index (κ3) is 1.70. The first-order valence-electron chi connectivity index (χ1n) is 5.41. The molecule has 0 aliphatic rings. The standard InChI is InChI=1S/C14H8F3N/c15-14(16,17)12-8-7-10-6-5-9-3-1-2-4-11(9)13(10)18-12/h1-8H. The van der Waals surface area contributed by atoms with E-state index in [9.17, 15) is 13.2 Å². The minimum absolute atomic E-state index is 0.392. The Morgan fingerprint density at radius 2 is 1.44 bits per heavy atom. The molecular formula is C14H8F3N. The van der Waals surface area contributed by atoms with Crippen molar-refractivity contribution in [3.63, 3.8) is 0 Å². The molecule has 0 unspecified atom stereocenters. The maximum absolute atomic E-state index is 12.7. The van der Waals surface area contributed by atoms with Crippen LogP contribution in [0.3, 0.4) is 0 Å². The van der Waals surface area contributed by atoms with Gasteiger partial charge in [-0.3, -0.25) is 0 Å². The fourth-order valence-electron chi connectivity index (χ4n) is 2.02. The molecule has 0 saturated carbocycles. The van der Waals surface area contributed by atoms with Crippen LogP contribution in [0.4, 0.5) is 13.2 Å². The average molecular weight is 247 g/mol. The largest absolute Gasteiger partial charge is 0.433 e. The molecule has 0 N–H and O–H groups in total. The van der Waals surface area contributed by atoms with Gasteiger partial charge in [-0.05, 0) is 11.5 Å². The van der Waals surface area contributed by atoms with Gasteiger partial charge in [0.05, 0.1) is 5.52 Å². The summed E-state index contributed by atoms with van der Waals surface area (Å²) in [4.78, 5) is 3.75. The smallest absolute Gasteiger partial charge is 0.243 e. The highest BCUT2D eigenvalue weighted by atomic mass is 19.4. The quantitative estimate of drug-likeness (QED) is 0.536. The molecule has 3 aromatic rings. The third-order valence-corrected chi connectivity index (χ3v) is 2.88. The van der Waals surface area contributed by atoms with Crippen molar-refractivity contribution in [1.82, 2.24) is 4.98 Å². The SMILES string of the molecule is FC(F)(F)c1ccc2ccc3ccccc3c2n1. The van der Waals surface area contributed by atoms with E-state index in [1.54, 1.807) is 18.2 Å². The maximum atomic E-state index is 12.7. The van der Waals surface area contributed by atoms with E-state index in [2.05, 4.69) is 4.98 Å². The maximum Gasteiger partial charge on any atom is 0.433 e. The fourth-order valence-corrected chi connectivity index (χ4v) is 2.02. The van der Waals surface area contributed by atoms with Gasteiger partial charge >= 0.3 is 6.18 Å². The number of aromatic nitrogens is 1. The van der Waals surface area contributed by atoms with Crippen molar-refractivity contribution in [1.29, 1.82) is 0 Å². The van der Waals surface area contributed by atoms with Crippen LogP contribution in [0.2, 0.25) is 0 Å². The molecular weight excluding hydrogens is 239 g/mol. The Balaban J connectivity index is 2.40. The first-order chi connectivity index (χ1) is 8.55. The van der Waals surface area contributed by atoms with E-state index in [1.165, 1.54) is 6.07 Å². The van der Waals surface area contributed by atoms with Crippen LogP contribution in [0.15, 0.2) is 48.5 Å². The van der Waals surface area contributed by atoms with Crippen molar-refractivity contribution in [2.45, 2.75) is 6.18 Å². The van der Waals surface area contributed by atoms with Gasteiger partial charge in [0.25, 0.3) is 0 Å². The summed E-state index contributed by atoms with van der Waals surface area (Å²) in [7, 11) is 0. The van der Waals surface area contributed by atoms with Gasteiger partial charge in [-0.15, -0.1) is 0 Å². The van der Waals surface area contributed by atoms with Gasteiger partial charge in [-0.25, -0.2) is 4.98 Å². The van der Waals surface area contributed by atoms with Crippen LogP contribution in [0.25, 0.3) is 21.7 Å². The van der Waals surface area contributed by atoms with Crippen molar-refractivity contribution in [2.24, 2.45) is 0 Å². The van der Waals surface area contributed by atoms with E-state index in [-0.39, 0.29) is 0 Å². The minimum atomic E-state index is -4.41. The van der Waals surface area contributed by atoms with Crippen LogP contribution >= 0.6 is 0 Å². The zero-order valence-electron chi connectivity index (χ0n) is 9.20. The lowest BCUT2D eigenvalue weighted by atomic mass is 10.1. The second-order valence-electron chi connectivity index (χ2n) is 4.05. The van der Waals surface area contributed by atoms with Gasteiger partial charge in [-0.1, -0.05) is 42.5 Å². The first-order valence-corrected chi connectivity index (χ1v) is 5.41. The molecule has 1 heterocycles. The minimum Gasteiger partial charge on any atom is -0.243 e. The lowest BCUT2D eigenvalue weighted by Crippen LogP contribution is -2.07. The summed E-state index contributed by atoms with van der Waals surface area (Å²) in [5.74, 6) is 0. The lowest BCUT2D eigenvalue weighted by Gasteiger charge is -2.08. The molecule has 0 radical (unpaired) electrons. The highest BCUT2D eigenvalue weighted by Gasteiger charge is 2.32. The Hall–Kier alpha value is -2.10. The highest BCUT2D eigenvalue weighted by Crippen LogP contribution is 2.31. The number of nitrogens with zero attached hydrogens (tertiary/aromatic N) is 1. The topological polar surface area (TPSA) is 12.9 Å². The van der Waals surface area contributed by atoms with Gasteiger partial charge in [0.15, 0.2) is 0 Å². The zero-order valence-corrected chi connectivity index (χ0v) is 9.20. The summed E-state index contributed by atoms with van der Waals surface area (Å²) in [6.07, 6.45) is -4.41. The average Bonchev–Trinajstić information content (AvgIpc) is 2.37. The summed E-state index contributed by atoms with van der Waals surface area (Å²) in [6.45, 7) is 0. The predicted molar refractivity (Wildman–Crippen MR) is 64.3 cm³/mol. The number of pyridine rings is 1. The second kappa shape index (κ2) is 3.70. The molecule has 0 saturated heterocycles. The molecule has 90 valence electrons. The Morgan fingerprint density at radius 3 is 2.22 bits per heavy atom. The van der Waals surface area contributed by atoms with Crippen LogP contribution in [0.1, 0.15) is 5.69 Å².